The van der Waals surface area contributed by atoms with E-state index in [1.165, 1.54) is 9.56 Å². The molecule has 0 radical (unpaired) electrons. The third kappa shape index (κ3) is 4.03. The fraction of sp³-hybridized carbons (Fsp3) is 0.478. The molecule has 0 saturated heterocycles. The van der Waals surface area contributed by atoms with E-state index in [2.05, 4.69) is 36.4 Å². The Morgan fingerprint density at radius 3 is 2.73 bits per heavy atom. The van der Waals surface area contributed by atoms with Gasteiger partial charge in [-0.15, -0.1) is 16.4 Å². The molecular weight excluding hydrogens is 396 g/mol. The average Bonchev–Trinajstić information content (AvgIpc) is 3.08. The van der Waals surface area contributed by atoms with E-state index in [1.807, 2.05) is 37.3 Å². The first-order chi connectivity index (χ1) is 14.2. The maximum Gasteiger partial charge on any atom is 0.279 e. The van der Waals surface area contributed by atoms with Crippen molar-refractivity contribution in [2.24, 2.45) is 11.3 Å². The summed E-state index contributed by atoms with van der Waals surface area (Å²) >= 11 is 1.58. The second-order valence-corrected chi connectivity index (χ2v) is 10.3. The standard InChI is InChI=1S/C23H28N4O2S/c1-14(15-8-6-5-7-9-15)24-19(28)13-27-22(29)20-17-11-10-16(23(2,3)4)12-18(17)30-21(20)25-26-27/h5-9,14,16H,10-13H2,1-4H3,(H,24,28)/t14-,16+/m0/s1. The molecular formula is C23H28N4O2S. The van der Waals surface area contributed by atoms with Crippen molar-refractivity contribution < 1.29 is 4.79 Å². The minimum absolute atomic E-state index is 0.131. The molecule has 2 aromatic heterocycles. The molecule has 1 aromatic carbocycles. The second-order valence-electron chi connectivity index (χ2n) is 9.24. The summed E-state index contributed by atoms with van der Waals surface area (Å²) in [7, 11) is 0. The number of nitrogens with zero attached hydrogens (tertiary/aromatic N) is 3. The van der Waals surface area contributed by atoms with Gasteiger partial charge in [-0.2, -0.15) is 0 Å². The van der Waals surface area contributed by atoms with Gasteiger partial charge in [0, 0.05) is 4.88 Å². The highest BCUT2D eigenvalue weighted by molar-refractivity contribution is 7.18. The monoisotopic (exact) mass is 424 g/mol. The Kier molecular flexibility index (Phi) is 5.49. The third-order valence-corrected chi connectivity index (χ3v) is 7.27. The third-order valence-electron chi connectivity index (χ3n) is 6.13. The van der Waals surface area contributed by atoms with Crippen molar-refractivity contribution in [3.8, 4) is 0 Å². The van der Waals surface area contributed by atoms with Crippen LogP contribution in [-0.4, -0.2) is 20.9 Å². The van der Waals surface area contributed by atoms with Gasteiger partial charge in [-0.25, -0.2) is 4.68 Å². The van der Waals surface area contributed by atoms with Crippen molar-refractivity contribution in [2.45, 2.75) is 59.5 Å². The van der Waals surface area contributed by atoms with E-state index >= 15 is 0 Å². The van der Waals surface area contributed by atoms with E-state index in [0.29, 0.717) is 16.1 Å². The van der Waals surface area contributed by atoms with Crippen LogP contribution in [0.3, 0.4) is 0 Å². The fourth-order valence-corrected chi connectivity index (χ4v) is 5.45. The van der Waals surface area contributed by atoms with E-state index in [0.717, 1.165) is 30.4 Å². The van der Waals surface area contributed by atoms with Gasteiger partial charge in [-0.05, 0) is 48.6 Å². The topological polar surface area (TPSA) is 76.9 Å². The minimum atomic E-state index is -0.251. The number of fused-ring (bicyclic) bond motifs is 3. The van der Waals surface area contributed by atoms with Crippen LogP contribution in [-0.2, 0) is 24.2 Å². The quantitative estimate of drug-likeness (QED) is 0.689. The molecule has 2 heterocycles. The van der Waals surface area contributed by atoms with Crippen LogP contribution in [0.25, 0.3) is 10.2 Å². The van der Waals surface area contributed by atoms with Gasteiger partial charge in [0.25, 0.3) is 5.56 Å². The molecule has 1 aliphatic carbocycles. The van der Waals surface area contributed by atoms with Gasteiger partial charge in [0.05, 0.1) is 11.4 Å². The summed E-state index contributed by atoms with van der Waals surface area (Å²) in [6.07, 6.45) is 2.93. The molecule has 1 amide bonds. The number of benzene rings is 1. The highest BCUT2D eigenvalue weighted by Crippen LogP contribution is 2.41. The van der Waals surface area contributed by atoms with Crippen LogP contribution in [0.5, 0.6) is 0 Å². The molecule has 2 atom stereocenters. The molecule has 7 heteroatoms. The van der Waals surface area contributed by atoms with Crippen molar-refractivity contribution in [3.63, 3.8) is 0 Å². The van der Waals surface area contributed by atoms with Crippen LogP contribution in [0, 0.1) is 11.3 Å². The molecule has 0 spiro atoms. The number of nitrogens with one attached hydrogen (secondary N) is 1. The van der Waals surface area contributed by atoms with Crippen molar-refractivity contribution in [1.82, 2.24) is 20.3 Å². The molecule has 0 bridgehead atoms. The van der Waals surface area contributed by atoms with Gasteiger partial charge in [0.2, 0.25) is 5.91 Å². The van der Waals surface area contributed by atoms with Gasteiger partial charge >= 0.3 is 0 Å². The van der Waals surface area contributed by atoms with Crippen LogP contribution < -0.4 is 10.9 Å². The smallest absolute Gasteiger partial charge is 0.279 e. The van der Waals surface area contributed by atoms with Crippen LogP contribution >= 0.6 is 11.3 Å². The Bertz CT molecular complexity index is 1130. The lowest BCUT2D eigenvalue weighted by molar-refractivity contribution is -0.122. The molecule has 6 nitrogen and oxygen atoms in total. The lowest BCUT2D eigenvalue weighted by Crippen LogP contribution is -2.35. The van der Waals surface area contributed by atoms with Gasteiger partial charge in [0.1, 0.15) is 6.54 Å². The lowest BCUT2D eigenvalue weighted by Gasteiger charge is -2.33. The predicted molar refractivity (Wildman–Crippen MR) is 120 cm³/mol. The molecule has 158 valence electrons. The van der Waals surface area contributed by atoms with Crippen molar-refractivity contribution in [1.29, 1.82) is 0 Å². The zero-order valence-electron chi connectivity index (χ0n) is 17.9. The number of amides is 1. The summed E-state index contributed by atoms with van der Waals surface area (Å²) in [5.74, 6) is 0.345. The summed E-state index contributed by atoms with van der Waals surface area (Å²) in [6.45, 7) is 8.62. The lowest BCUT2D eigenvalue weighted by atomic mass is 9.72. The Labute approximate surface area is 180 Å². The number of thiophene rings is 1. The Morgan fingerprint density at radius 2 is 2.03 bits per heavy atom. The van der Waals surface area contributed by atoms with Gasteiger partial charge in [-0.1, -0.05) is 56.3 Å². The summed E-state index contributed by atoms with van der Waals surface area (Å²) < 4.78 is 1.19. The van der Waals surface area contributed by atoms with Gasteiger partial charge < -0.3 is 5.32 Å². The molecule has 30 heavy (non-hydrogen) atoms. The highest BCUT2D eigenvalue weighted by atomic mass is 32.1. The average molecular weight is 425 g/mol. The molecule has 0 saturated carbocycles. The molecule has 1 N–H and O–H groups in total. The van der Waals surface area contributed by atoms with Crippen molar-refractivity contribution in [2.75, 3.05) is 0 Å². The zero-order chi connectivity index (χ0) is 21.5. The van der Waals surface area contributed by atoms with Crippen LogP contribution in [0.15, 0.2) is 35.1 Å². The van der Waals surface area contributed by atoms with Crippen LogP contribution in [0.1, 0.15) is 56.2 Å². The number of aryl methyl sites for hydroxylation is 1. The van der Waals surface area contributed by atoms with E-state index in [-0.39, 0.29) is 29.5 Å². The normalized spacial score (nSPS) is 17.5. The number of hydrogen-bond donors (Lipinski definition) is 1. The molecule has 0 aliphatic heterocycles. The second kappa shape index (κ2) is 7.95. The maximum atomic E-state index is 13.1. The van der Waals surface area contributed by atoms with E-state index in [4.69, 9.17) is 0 Å². The number of hydrogen-bond acceptors (Lipinski definition) is 5. The first-order valence-corrected chi connectivity index (χ1v) is 11.3. The Morgan fingerprint density at radius 1 is 1.30 bits per heavy atom. The van der Waals surface area contributed by atoms with Crippen LogP contribution in [0.2, 0.25) is 0 Å². The zero-order valence-corrected chi connectivity index (χ0v) is 18.8. The molecule has 0 unspecified atom stereocenters. The number of aromatic nitrogens is 3. The summed E-state index contributed by atoms with van der Waals surface area (Å²) in [5.41, 5.74) is 2.16. The van der Waals surface area contributed by atoms with Crippen LogP contribution in [0.4, 0.5) is 0 Å². The predicted octanol–water partition coefficient (Wildman–Crippen LogP) is 3.88. The highest BCUT2D eigenvalue weighted by Gasteiger charge is 2.32. The number of carbonyl (C=O) groups is 1. The molecule has 0 fully saturated rings. The minimum Gasteiger partial charge on any atom is -0.348 e. The number of rotatable bonds is 4. The van der Waals surface area contributed by atoms with Crippen molar-refractivity contribution >= 4 is 27.5 Å². The SMILES string of the molecule is C[C@H](NC(=O)Cn1nnc2sc3c(c2c1=O)CC[C@@H](C(C)(C)C)C3)c1ccccc1. The van der Waals surface area contributed by atoms with E-state index < -0.39 is 0 Å². The fourth-order valence-electron chi connectivity index (χ4n) is 4.22. The van der Waals surface area contributed by atoms with Gasteiger partial charge in [-0.3, -0.25) is 9.59 Å². The largest absolute Gasteiger partial charge is 0.348 e. The number of carbonyl (C=O) groups excluding carboxylic acids is 1. The maximum absolute atomic E-state index is 13.1. The van der Waals surface area contributed by atoms with Gasteiger partial charge in [0.15, 0.2) is 4.83 Å². The van der Waals surface area contributed by atoms with E-state index in [9.17, 15) is 9.59 Å². The molecule has 3 aromatic rings. The van der Waals surface area contributed by atoms with E-state index in [1.54, 1.807) is 11.3 Å². The summed E-state index contributed by atoms with van der Waals surface area (Å²) in [4.78, 5) is 27.6. The summed E-state index contributed by atoms with van der Waals surface area (Å²) in [5, 5.41) is 11.9. The van der Waals surface area contributed by atoms with Crippen molar-refractivity contribution in [3.05, 3.63) is 56.7 Å². The summed E-state index contributed by atoms with van der Waals surface area (Å²) in [6, 6.07) is 9.59. The Hall–Kier alpha value is -2.54. The first kappa shape index (κ1) is 20.7. The Balaban J connectivity index is 1.56. The molecule has 4 rings (SSSR count). The first-order valence-electron chi connectivity index (χ1n) is 10.5. The molecule has 1 aliphatic rings.